The fourth-order valence-electron chi connectivity index (χ4n) is 2.26. The van der Waals surface area contributed by atoms with E-state index in [2.05, 4.69) is 25.1 Å². The van der Waals surface area contributed by atoms with Gasteiger partial charge in [-0.2, -0.15) is 0 Å². The third-order valence-electron chi connectivity index (χ3n) is 3.27. The highest BCUT2D eigenvalue weighted by molar-refractivity contribution is 5.85. The average molecular weight is 211 g/mol. The molecule has 0 aliphatic carbocycles. The Morgan fingerprint density at radius 3 is 2.33 bits per heavy atom. The molecule has 3 heteroatoms. The van der Waals surface area contributed by atoms with Crippen molar-refractivity contribution in [1.29, 1.82) is 0 Å². The molecule has 2 rings (SSSR count). The van der Waals surface area contributed by atoms with E-state index in [1.54, 1.807) is 0 Å². The van der Waals surface area contributed by atoms with Crippen LogP contribution in [-0.2, 0) is 9.53 Å². The van der Waals surface area contributed by atoms with Crippen molar-refractivity contribution in [2.75, 3.05) is 20.1 Å². The number of nitrogens with zero attached hydrogens (tertiary/aromatic N) is 1. The number of carbonyl (C=O) groups is 1. The molecular weight excluding hydrogens is 190 g/mol. The average Bonchev–Trinajstić information content (AvgIpc) is 2.51. The van der Waals surface area contributed by atoms with Crippen LogP contribution in [0.1, 0.15) is 26.2 Å². The zero-order chi connectivity index (χ0) is 11.5. The Bertz CT molecular complexity index is 232. The second-order valence-electron chi connectivity index (χ2n) is 4.39. The predicted octanol–water partition coefficient (Wildman–Crippen LogP) is 1.63. The highest BCUT2D eigenvalue weighted by atomic mass is 16.5. The second-order valence-corrected chi connectivity index (χ2v) is 4.39. The van der Waals surface area contributed by atoms with E-state index in [0.29, 0.717) is 6.42 Å². The molecule has 2 aliphatic rings. The van der Waals surface area contributed by atoms with Gasteiger partial charge in [-0.25, -0.2) is 0 Å². The lowest BCUT2D eigenvalue weighted by Crippen LogP contribution is -2.42. The molecule has 15 heavy (non-hydrogen) atoms. The van der Waals surface area contributed by atoms with E-state index in [1.165, 1.54) is 0 Å². The summed E-state index contributed by atoms with van der Waals surface area (Å²) in [4.78, 5) is 13.7. The van der Waals surface area contributed by atoms with Gasteiger partial charge in [0.2, 0.25) is 0 Å². The van der Waals surface area contributed by atoms with Crippen molar-refractivity contribution in [3.8, 4) is 0 Å². The molecule has 2 fully saturated rings. The molecule has 2 heterocycles. The van der Waals surface area contributed by atoms with Crippen LogP contribution < -0.4 is 0 Å². The lowest BCUT2D eigenvalue weighted by atomic mass is 9.88. The highest BCUT2D eigenvalue weighted by Gasteiger charge is 2.44. The molecule has 1 atom stereocenters. The molecule has 1 spiro atoms. The summed E-state index contributed by atoms with van der Waals surface area (Å²) in [6, 6.07) is 0. The van der Waals surface area contributed by atoms with Gasteiger partial charge in [0.05, 0.1) is 5.60 Å². The van der Waals surface area contributed by atoms with Gasteiger partial charge < -0.3 is 9.64 Å². The van der Waals surface area contributed by atoms with Crippen LogP contribution in [0.15, 0.2) is 13.2 Å². The van der Waals surface area contributed by atoms with Crippen molar-refractivity contribution in [3.05, 3.63) is 13.2 Å². The first kappa shape index (κ1) is 12.4. The van der Waals surface area contributed by atoms with Gasteiger partial charge in [0.1, 0.15) is 6.10 Å². The summed E-state index contributed by atoms with van der Waals surface area (Å²) in [6.07, 6.45) is 2.50. The summed E-state index contributed by atoms with van der Waals surface area (Å²) in [5, 5.41) is 0. The number of ketones is 1. The lowest BCUT2D eigenvalue weighted by Gasteiger charge is -2.36. The Kier molecular flexibility index (Phi) is 4.05. The number of piperidine rings is 1. The Balaban J connectivity index is 0.000000531. The molecule has 0 aromatic carbocycles. The molecule has 2 aliphatic heterocycles. The van der Waals surface area contributed by atoms with Gasteiger partial charge >= 0.3 is 0 Å². The fraction of sp³-hybridized carbons (Fsp3) is 0.750. The third-order valence-corrected chi connectivity index (χ3v) is 3.27. The molecule has 0 radical (unpaired) electrons. The SMILES string of the molecule is C=C.CC1OC2(CCN(C)CC2)CC1=O. The minimum Gasteiger partial charge on any atom is -0.364 e. The summed E-state index contributed by atoms with van der Waals surface area (Å²) in [5.41, 5.74) is -0.0942. The van der Waals surface area contributed by atoms with Crippen LogP contribution in [-0.4, -0.2) is 42.5 Å². The maximum absolute atomic E-state index is 11.4. The predicted molar refractivity (Wildman–Crippen MR) is 60.9 cm³/mol. The van der Waals surface area contributed by atoms with Gasteiger partial charge in [0, 0.05) is 19.5 Å². The van der Waals surface area contributed by atoms with E-state index in [4.69, 9.17) is 4.74 Å². The third kappa shape index (κ3) is 2.67. The minimum atomic E-state index is -0.164. The van der Waals surface area contributed by atoms with Crippen molar-refractivity contribution >= 4 is 5.78 Å². The zero-order valence-corrected chi connectivity index (χ0v) is 9.79. The molecular formula is C12H21NO2. The molecule has 1 unspecified atom stereocenters. The number of ether oxygens (including phenoxy) is 1. The summed E-state index contributed by atoms with van der Waals surface area (Å²) >= 11 is 0. The van der Waals surface area contributed by atoms with Gasteiger partial charge in [-0.05, 0) is 26.8 Å². The Labute approximate surface area is 92.1 Å². The maximum atomic E-state index is 11.4. The molecule has 0 aromatic heterocycles. The van der Waals surface area contributed by atoms with E-state index >= 15 is 0 Å². The van der Waals surface area contributed by atoms with Gasteiger partial charge in [-0.3, -0.25) is 4.79 Å². The summed E-state index contributed by atoms with van der Waals surface area (Å²) in [5.74, 6) is 0.282. The second kappa shape index (κ2) is 4.90. The van der Waals surface area contributed by atoms with E-state index < -0.39 is 0 Å². The number of Topliss-reactive ketones (excluding diaryl/α,β-unsaturated/α-hetero) is 1. The molecule has 0 saturated carbocycles. The highest BCUT2D eigenvalue weighted by Crippen LogP contribution is 2.36. The largest absolute Gasteiger partial charge is 0.364 e. The van der Waals surface area contributed by atoms with Gasteiger partial charge in [0.15, 0.2) is 5.78 Å². The van der Waals surface area contributed by atoms with Crippen LogP contribution in [0, 0.1) is 0 Å². The number of rotatable bonds is 0. The van der Waals surface area contributed by atoms with Crippen molar-refractivity contribution in [2.45, 2.75) is 37.9 Å². The maximum Gasteiger partial charge on any atom is 0.164 e. The van der Waals surface area contributed by atoms with Crippen LogP contribution in [0.25, 0.3) is 0 Å². The van der Waals surface area contributed by atoms with Crippen molar-refractivity contribution < 1.29 is 9.53 Å². The molecule has 2 saturated heterocycles. The smallest absolute Gasteiger partial charge is 0.164 e. The molecule has 86 valence electrons. The fourth-order valence-corrected chi connectivity index (χ4v) is 2.26. The topological polar surface area (TPSA) is 29.5 Å². The minimum absolute atomic E-state index is 0.0942. The standard InChI is InChI=1S/C10H17NO2.C2H4/c1-8-9(12)7-10(13-8)3-5-11(2)6-4-10;1-2/h8H,3-7H2,1-2H3;1-2H2. The first-order valence-corrected chi connectivity index (χ1v) is 5.50. The van der Waals surface area contributed by atoms with Gasteiger partial charge in [0.25, 0.3) is 0 Å². The van der Waals surface area contributed by atoms with E-state index in [-0.39, 0.29) is 17.5 Å². The number of likely N-dealkylation sites (tertiary alicyclic amines) is 1. The normalized spacial score (nSPS) is 30.0. The van der Waals surface area contributed by atoms with Crippen LogP contribution in [0.3, 0.4) is 0 Å². The zero-order valence-electron chi connectivity index (χ0n) is 9.79. The Morgan fingerprint density at radius 1 is 1.40 bits per heavy atom. The van der Waals surface area contributed by atoms with Crippen LogP contribution >= 0.6 is 0 Å². The molecule has 0 N–H and O–H groups in total. The van der Waals surface area contributed by atoms with E-state index in [1.807, 2.05) is 6.92 Å². The van der Waals surface area contributed by atoms with Gasteiger partial charge in [-0.15, -0.1) is 13.2 Å². The van der Waals surface area contributed by atoms with Crippen molar-refractivity contribution in [1.82, 2.24) is 4.90 Å². The van der Waals surface area contributed by atoms with Gasteiger partial charge in [-0.1, -0.05) is 0 Å². The first-order valence-electron chi connectivity index (χ1n) is 5.50. The molecule has 0 aromatic rings. The lowest BCUT2D eigenvalue weighted by molar-refractivity contribution is -0.123. The Hall–Kier alpha value is -0.670. The van der Waals surface area contributed by atoms with Crippen LogP contribution in [0.2, 0.25) is 0 Å². The molecule has 0 amide bonds. The van der Waals surface area contributed by atoms with Crippen molar-refractivity contribution in [3.63, 3.8) is 0 Å². The quantitative estimate of drug-likeness (QED) is 0.570. The molecule has 3 nitrogen and oxygen atoms in total. The summed E-state index contributed by atoms with van der Waals surface area (Å²) in [7, 11) is 2.12. The van der Waals surface area contributed by atoms with Crippen molar-refractivity contribution in [2.24, 2.45) is 0 Å². The number of carbonyl (C=O) groups excluding carboxylic acids is 1. The Morgan fingerprint density at radius 2 is 1.93 bits per heavy atom. The number of hydrogen-bond donors (Lipinski definition) is 0. The first-order chi connectivity index (χ1) is 7.11. The summed E-state index contributed by atoms with van der Waals surface area (Å²) in [6.45, 7) is 9.98. The van der Waals surface area contributed by atoms with Crippen LogP contribution in [0.5, 0.6) is 0 Å². The van der Waals surface area contributed by atoms with E-state index in [0.717, 1.165) is 25.9 Å². The summed E-state index contributed by atoms with van der Waals surface area (Å²) < 4.78 is 5.77. The monoisotopic (exact) mass is 211 g/mol. The molecule has 0 bridgehead atoms. The van der Waals surface area contributed by atoms with Crippen LogP contribution in [0.4, 0.5) is 0 Å². The number of hydrogen-bond acceptors (Lipinski definition) is 3. The van der Waals surface area contributed by atoms with E-state index in [9.17, 15) is 4.79 Å².